The molecule has 0 heterocycles. The number of halogens is 1. The van der Waals surface area contributed by atoms with E-state index < -0.39 is 11.4 Å². The number of carboxylic acid groups (broad SMARTS) is 1. The minimum absolute atomic E-state index is 0.709. The molecule has 1 N–H and O–H groups in total. The fourth-order valence-corrected chi connectivity index (χ4v) is 3.19. The molecule has 1 saturated carbocycles. The molecule has 18 heavy (non-hydrogen) atoms. The first-order valence-corrected chi connectivity index (χ1v) is 6.88. The fraction of sp³-hybridized carbons (Fsp3) is 0.500. The highest BCUT2D eigenvalue weighted by Gasteiger charge is 2.43. The van der Waals surface area contributed by atoms with Crippen LogP contribution in [0.5, 0.6) is 5.75 Å². The van der Waals surface area contributed by atoms with E-state index in [1.54, 1.807) is 7.11 Å². The van der Waals surface area contributed by atoms with E-state index in [4.69, 9.17) is 4.74 Å². The lowest BCUT2D eigenvalue weighted by atomic mass is 9.78. The molecule has 1 aromatic carbocycles. The third-order valence-electron chi connectivity index (χ3n) is 3.94. The molecule has 2 rings (SSSR count). The lowest BCUT2D eigenvalue weighted by Crippen LogP contribution is -2.32. The van der Waals surface area contributed by atoms with Crippen LogP contribution in [-0.2, 0) is 10.2 Å². The molecule has 1 aliphatic carbocycles. The van der Waals surface area contributed by atoms with Crippen LogP contribution in [0.4, 0.5) is 0 Å². The van der Waals surface area contributed by atoms with Gasteiger partial charge in [0, 0.05) is 10.0 Å². The molecule has 3 nitrogen and oxygen atoms in total. The minimum Gasteiger partial charge on any atom is -0.496 e. The number of benzene rings is 1. The largest absolute Gasteiger partial charge is 0.496 e. The second-order valence-electron chi connectivity index (χ2n) is 4.88. The van der Waals surface area contributed by atoms with Gasteiger partial charge in [-0.15, -0.1) is 0 Å². The zero-order valence-corrected chi connectivity index (χ0v) is 12.2. The Morgan fingerprint density at radius 3 is 2.50 bits per heavy atom. The van der Waals surface area contributed by atoms with Crippen LogP contribution in [0.15, 0.2) is 16.6 Å². The summed E-state index contributed by atoms with van der Waals surface area (Å²) < 4.78 is 6.23. The third-order valence-corrected chi connectivity index (χ3v) is 4.76. The summed E-state index contributed by atoms with van der Waals surface area (Å²) in [4.78, 5) is 11.7. The summed E-state index contributed by atoms with van der Waals surface area (Å²) in [6.45, 7) is 1.95. The maximum atomic E-state index is 11.7. The van der Waals surface area contributed by atoms with E-state index in [9.17, 15) is 9.90 Å². The van der Waals surface area contributed by atoms with E-state index in [-0.39, 0.29) is 0 Å². The Balaban J connectivity index is 2.56. The molecule has 0 spiro atoms. The van der Waals surface area contributed by atoms with Crippen LogP contribution in [0.2, 0.25) is 0 Å². The van der Waals surface area contributed by atoms with Crippen LogP contribution < -0.4 is 4.74 Å². The summed E-state index contributed by atoms with van der Waals surface area (Å²) in [6.07, 6.45) is 3.36. The molecule has 0 radical (unpaired) electrons. The number of carbonyl (C=O) groups is 1. The van der Waals surface area contributed by atoms with Gasteiger partial charge >= 0.3 is 5.97 Å². The monoisotopic (exact) mass is 312 g/mol. The Labute approximate surface area is 115 Å². The summed E-state index contributed by atoms with van der Waals surface area (Å²) in [5.74, 6) is 0.0182. The van der Waals surface area contributed by atoms with Gasteiger partial charge in [-0.3, -0.25) is 4.79 Å². The lowest BCUT2D eigenvalue weighted by molar-refractivity contribution is -0.143. The molecule has 0 amide bonds. The predicted molar refractivity (Wildman–Crippen MR) is 73.2 cm³/mol. The van der Waals surface area contributed by atoms with Gasteiger partial charge in [-0.1, -0.05) is 28.8 Å². The molecule has 0 atom stereocenters. The molecule has 1 aromatic rings. The Morgan fingerprint density at radius 2 is 2.00 bits per heavy atom. The molecular weight excluding hydrogens is 296 g/mol. The highest BCUT2D eigenvalue weighted by molar-refractivity contribution is 9.10. The second kappa shape index (κ2) is 4.92. The van der Waals surface area contributed by atoms with E-state index in [1.807, 2.05) is 19.1 Å². The molecule has 1 fully saturated rings. The number of hydrogen-bond acceptors (Lipinski definition) is 2. The van der Waals surface area contributed by atoms with Gasteiger partial charge in [0.15, 0.2) is 0 Å². The number of carboxylic acids is 1. The summed E-state index contributed by atoms with van der Waals surface area (Å²) in [5, 5.41) is 9.58. The molecule has 1 aliphatic rings. The fourth-order valence-electron chi connectivity index (χ4n) is 2.75. The summed E-state index contributed by atoms with van der Waals surface area (Å²) in [5.41, 5.74) is 1.12. The molecular formula is C14H17BrO3. The van der Waals surface area contributed by atoms with Crippen molar-refractivity contribution in [2.24, 2.45) is 0 Å². The molecule has 0 bridgehead atoms. The maximum Gasteiger partial charge on any atom is 0.314 e. The highest BCUT2D eigenvalue weighted by Crippen LogP contribution is 2.44. The Morgan fingerprint density at radius 1 is 1.39 bits per heavy atom. The quantitative estimate of drug-likeness (QED) is 0.926. The van der Waals surface area contributed by atoms with Crippen molar-refractivity contribution in [3.05, 3.63) is 27.7 Å². The van der Waals surface area contributed by atoms with Crippen LogP contribution in [0.3, 0.4) is 0 Å². The number of hydrogen-bond donors (Lipinski definition) is 1. The maximum absolute atomic E-state index is 11.7. The first-order valence-electron chi connectivity index (χ1n) is 6.09. The lowest BCUT2D eigenvalue weighted by Gasteiger charge is -2.25. The minimum atomic E-state index is -0.733. The van der Waals surface area contributed by atoms with Crippen molar-refractivity contribution in [3.8, 4) is 5.75 Å². The van der Waals surface area contributed by atoms with Gasteiger partial charge in [0.05, 0.1) is 12.5 Å². The average Bonchev–Trinajstić information content (AvgIpc) is 2.83. The van der Waals surface area contributed by atoms with Gasteiger partial charge in [0.2, 0.25) is 0 Å². The Bertz CT molecular complexity index is 476. The van der Waals surface area contributed by atoms with Gasteiger partial charge in [-0.25, -0.2) is 0 Å². The molecule has 0 saturated heterocycles. The molecule has 4 heteroatoms. The van der Waals surface area contributed by atoms with Gasteiger partial charge in [-0.2, -0.15) is 0 Å². The first-order chi connectivity index (χ1) is 8.51. The normalized spacial score (nSPS) is 17.7. The van der Waals surface area contributed by atoms with Gasteiger partial charge < -0.3 is 9.84 Å². The highest BCUT2D eigenvalue weighted by atomic mass is 79.9. The van der Waals surface area contributed by atoms with Crippen molar-refractivity contribution < 1.29 is 14.6 Å². The molecule has 0 aliphatic heterocycles. The number of methoxy groups -OCH3 is 1. The van der Waals surface area contributed by atoms with Gasteiger partial charge in [0.25, 0.3) is 0 Å². The Kier molecular flexibility index (Phi) is 3.66. The van der Waals surface area contributed by atoms with Crippen LogP contribution in [0.1, 0.15) is 36.8 Å². The number of rotatable bonds is 3. The van der Waals surface area contributed by atoms with Crippen molar-refractivity contribution in [2.75, 3.05) is 7.11 Å². The number of aliphatic carboxylic acids is 1. The van der Waals surface area contributed by atoms with Gasteiger partial charge in [-0.05, 0) is 37.5 Å². The Hall–Kier alpha value is -1.03. The summed E-state index contributed by atoms with van der Waals surface area (Å²) in [6, 6.07) is 3.80. The second-order valence-corrected chi connectivity index (χ2v) is 5.73. The van der Waals surface area contributed by atoms with Crippen molar-refractivity contribution in [3.63, 3.8) is 0 Å². The summed E-state index contributed by atoms with van der Waals surface area (Å²) >= 11 is 3.49. The first kappa shape index (κ1) is 13.4. The molecule has 0 unspecified atom stereocenters. The molecule has 98 valence electrons. The number of ether oxygens (including phenoxy) is 1. The smallest absolute Gasteiger partial charge is 0.314 e. The van der Waals surface area contributed by atoms with Crippen molar-refractivity contribution in [1.29, 1.82) is 0 Å². The van der Waals surface area contributed by atoms with E-state index in [2.05, 4.69) is 15.9 Å². The topological polar surface area (TPSA) is 46.5 Å². The van der Waals surface area contributed by atoms with Crippen LogP contribution in [0, 0.1) is 6.92 Å². The van der Waals surface area contributed by atoms with E-state index in [0.29, 0.717) is 12.8 Å². The zero-order chi connectivity index (χ0) is 13.3. The van der Waals surface area contributed by atoms with Crippen LogP contribution in [-0.4, -0.2) is 18.2 Å². The van der Waals surface area contributed by atoms with E-state index in [0.717, 1.165) is 34.2 Å². The van der Waals surface area contributed by atoms with Gasteiger partial charge in [0.1, 0.15) is 5.75 Å². The van der Waals surface area contributed by atoms with Crippen LogP contribution >= 0.6 is 15.9 Å². The average molecular weight is 313 g/mol. The third kappa shape index (κ3) is 2.03. The standard InChI is InChI=1S/C14H17BrO3/c1-9-11(15)7-10(8-12(9)18-2)14(13(16)17)5-3-4-6-14/h7-8H,3-6H2,1-2H3,(H,16,17). The molecule has 0 aromatic heterocycles. The SMILES string of the molecule is COc1cc(C2(C(=O)O)CCCC2)cc(Br)c1C. The van der Waals surface area contributed by atoms with Crippen molar-refractivity contribution >= 4 is 21.9 Å². The summed E-state index contributed by atoms with van der Waals surface area (Å²) in [7, 11) is 1.61. The zero-order valence-electron chi connectivity index (χ0n) is 10.6. The van der Waals surface area contributed by atoms with E-state index in [1.165, 1.54) is 0 Å². The van der Waals surface area contributed by atoms with E-state index >= 15 is 0 Å². The van der Waals surface area contributed by atoms with Crippen LogP contribution in [0.25, 0.3) is 0 Å². The van der Waals surface area contributed by atoms with Crippen molar-refractivity contribution in [2.45, 2.75) is 38.0 Å². The van der Waals surface area contributed by atoms with Crippen molar-refractivity contribution in [1.82, 2.24) is 0 Å². The predicted octanol–water partition coefficient (Wildman–Crippen LogP) is 3.66.